The van der Waals surface area contributed by atoms with Gasteiger partial charge in [-0.05, 0) is 18.6 Å². The van der Waals surface area contributed by atoms with Crippen molar-refractivity contribution in [3.63, 3.8) is 0 Å². The summed E-state index contributed by atoms with van der Waals surface area (Å²) in [4.78, 5) is 13.8. The fraction of sp³-hybridized carbons (Fsp3) is 0.333. The Hall–Kier alpha value is -2.05. The molecule has 0 unspecified atom stereocenters. The first-order valence-electron chi connectivity index (χ1n) is 7.05. The average molecular weight is 322 g/mol. The van der Waals surface area contributed by atoms with Crippen LogP contribution in [0.25, 0.3) is 11.3 Å². The largest absolute Gasteiger partial charge is 0.396 e. The highest BCUT2D eigenvalue weighted by molar-refractivity contribution is 6.30. The van der Waals surface area contributed by atoms with E-state index in [9.17, 15) is 4.79 Å². The second kappa shape index (κ2) is 6.37. The van der Waals surface area contributed by atoms with Gasteiger partial charge >= 0.3 is 6.03 Å². The number of rotatable bonds is 3. The summed E-state index contributed by atoms with van der Waals surface area (Å²) >= 11 is 5.94. The number of halogens is 1. The molecule has 1 saturated heterocycles. The number of urea groups is 1. The molecule has 2 amide bonds. The molecule has 6 nitrogen and oxygen atoms in total. The summed E-state index contributed by atoms with van der Waals surface area (Å²) in [5.41, 5.74) is 0.794. The molecule has 3 rings (SSSR count). The number of nitrogens with one attached hydrogen (secondary N) is 1. The van der Waals surface area contributed by atoms with Crippen LogP contribution < -0.4 is 5.32 Å². The van der Waals surface area contributed by atoms with Crippen molar-refractivity contribution in [2.75, 3.05) is 25.0 Å². The van der Waals surface area contributed by atoms with E-state index in [4.69, 9.17) is 21.2 Å². The molecule has 0 aliphatic carbocycles. The van der Waals surface area contributed by atoms with Crippen molar-refractivity contribution in [1.82, 2.24) is 10.1 Å². The first kappa shape index (κ1) is 14.9. The van der Waals surface area contributed by atoms with E-state index in [2.05, 4.69) is 10.5 Å². The van der Waals surface area contributed by atoms with Crippen LogP contribution >= 0.6 is 11.6 Å². The summed E-state index contributed by atoms with van der Waals surface area (Å²) in [6, 6.07) is 8.63. The normalized spacial score (nSPS) is 17.7. The third-order valence-electron chi connectivity index (χ3n) is 3.69. The van der Waals surface area contributed by atoms with E-state index in [1.54, 1.807) is 23.1 Å². The molecular weight excluding hydrogens is 306 g/mol. The van der Waals surface area contributed by atoms with Crippen molar-refractivity contribution in [3.8, 4) is 11.3 Å². The minimum Gasteiger partial charge on any atom is -0.396 e. The van der Waals surface area contributed by atoms with E-state index >= 15 is 0 Å². The van der Waals surface area contributed by atoms with Gasteiger partial charge in [-0.25, -0.2) is 4.79 Å². The number of anilines is 1. The van der Waals surface area contributed by atoms with Gasteiger partial charge in [0.1, 0.15) is 0 Å². The fourth-order valence-electron chi connectivity index (χ4n) is 2.47. The van der Waals surface area contributed by atoms with Gasteiger partial charge in [0, 0.05) is 42.3 Å². The van der Waals surface area contributed by atoms with Crippen molar-refractivity contribution in [2.45, 2.75) is 6.42 Å². The first-order valence-corrected chi connectivity index (χ1v) is 7.43. The van der Waals surface area contributed by atoms with Crippen molar-refractivity contribution < 1.29 is 14.4 Å². The zero-order valence-corrected chi connectivity index (χ0v) is 12.6. The number of hydrogen-bond donors (Lipinski definition) is 2. The van der Waals surface area contributed by atoms with Crippen LogP contribution in [0.5, 0.6) is 0 Å². The van der Waals surface area contributed by atoms with Crippen LogP contribution in [0.15, 0.2) is 34.9 Å². The van der Waals surface area contributed by atoms with Crippen LogP contribution in [-0.2, 0) is 0 Å². The summed E-state index contributed by atoms with van der Waals surface area (Å²) in [6.07, 6.45) is 0.816. The topological polar surface area (TPSA) is 78.6 Å². The second-order valence-electron chi connectivity index (χ2n) is 5.30. The Morgan fingerprint density at radius 3 is 3.09 bits per heavy atom. The van der Waals surface area contributed by atoms with E-state index < -0.39 is 0 Å². The van der Waals surface area contributed by atoms with Crippen LogP contribution in [0.2, 0.25) is 5.02 Å². The molecule has 116 valence electrons. The molecule has 2 N–H and O–H groups in total. The standard InChI is InChI=1S/C15H16ClN3O3/c16-12-3-1-2-11(6-12)13-7-14(18-22-13)17-15(21)19-5-4-10(8-19)9-20/h1-3,6-7,10,20H,4-5,8-9H2,(H,17,18,21)/t10-/m1/s1. The van der Waals surface area contributed by atoms with E-state index in [0.29, 0.717) is 29.7 Å². The molecule has 0 saturated carbocycles. The maximum absolute atomic E-state index is 12.1. The molecule has 22 heavy (non-hydrogen) atoms. The predicted molar refractivity (Wildman–Crippen MR) is 82.7 cm³/mol. The molecule has 1 aromatic heterocycles. The molecule has 0 radical (unpaired) electrons. The number of carbonyl (C=O) groups is 1. The lowest BCUT2D eigenvalue weighted by Crippen LogP contribution is -2.33. The smallest absolute Gasteiger partial charge is 0.323 e. The van der Waals surface area contributed by atoms with E-state index in [-0.39, 0.29) is 18.6 Å². The van der Waals surface area contributed by atoms with Crippen molar-refractivity contribution in [1.29, 1.82) is 0 Å². The number of likely N-dealkylation sites (tertiary alicyclic amines) is 1. The highest BCUT2D eigenvalue weighted by atomic mass is 35.5. The first-order chi connectivity index (χ1) is 10.7. The Labute approximate surface area is 132 Å². The van der Waals surface area contributed by atoms with E-state index in [0.717, 1.165) is 12.0 Å². The molecule has 7 heteroatoms. The lowest BCUT2D eigenvalue weighted by atomic mass is 10.1. The zero-order chi connectivity index (χ0) is 15.5. The Morgan fingerprint density at radius 1 is 1.50 bits per heavy atom. The summed E-state index contributed by atoms with van der Waals surface area (Å²) in [5.74, 6) is 1.05. The molecular formula is C15H16ClN3O3. The lowest BCUT2D eigenvalue weighted by molar-refractivity contribution is 0.208. The Bertz CT molecular complexity index is 674. The minimum absolute atomic E-state index is 0.104. The lowest BCUT2D eigenvalue weighted by Gasteiger charge is -2.15. The summed E-state index contributed by atoms with van der Waals surface area (Å²) < 4.78 is 5.23. The maximum atomic E-state index is 12.1. The van der Waals surface area contributed by atoms with Crippen LogP contribution in [-0.4, -0.2) is 40.9 Å². The highest BCUT2D eigenvalue weighted by Crippen LogP contribution is 2.25. The molecule has 0 spiro atoms. The number of benzene rings is 1. The third-order valence-corrected chi connectivity index (χ3v) is 3.92. The Morgan fingerprint density at radius 2 is 2.36 bits per heavy atom. The van der Waals surface area contributed by atoms with Crippen LogP contribution in [0, 0.1) is 5.92 Å². The average Bonchev–Trinajstić information content (AvgIpc) is 3.16. The number of hydrogen-bond acceptors (Lipinski definition) is 4. The Kier molecular flexibility index (Phi) is 4.31. The third kappa shape index (κ3) is 3.23. The van der Waals surface area contributed by atoms with Gasteiger partial charge in [0.05, 0.1) is 0 Å². The number of aromatic nitrogens is 1. The molecule has 2 aromatic rings. The van der Waals surface area contributed by atoms with Crippen molar-refractivity contribution in [3.05, 3.63) is 35.4 Å². The quantitative estimate of drug-likeness (QED) is 0.911. The highest BCUT2D eigenvalue weighted by Gasteiger charge is 2.26. The number of aliphatic hydroxyl groups is 1. The number of aliphatic hydroxyl groups excluding tert-OH is 1. The predicted octanol–water partition coefficient (Wildman–Crippen LogP) is 2.84. The SMILES string of the molecule is O=C(Nc1cc(-c2cccc(Cl)c2)on1)N1CC[C@@H](CO)C1. The van der Waals surface area contributed by atoms with Crippen LogP contribution in [0.1, 0.15) is 6.42 Å². The van der Waals surface area contributed by atoms with Crippen LogP contribution in [0.3, 0.4) is 0 Å². The summed E-state index contributed by atoms with van der Waals surface area (Å²) in [5, 5.41) is 16.3. The van der Waals surface area contributed by atoms with Gasteiger partial charge in [-0.1, -0.05) is 28.9 Å². The minimum atomic E-state index is -0.234. The summed E-state index contributed by atoms with van der Waals surface area (Å²) in [7, 11) is 0. The Balaban J connectivity index is 1.66. The molecule has 1 aromatic carbocycles. The number of nitrogens with zero attached hydrogens (tertiary/aromatic N) is 2. The second-order valence-corrected chi connectivity index (χ2v) is 5.74. The van der Waals surface area contributed by atoms with Gasteiger partial charge in [0.25, 0.3) is 0 Å². The molecule has 1 fully saturated rings. The molecule has 1 aliphatic heterocycles. The molecule has 0 bridgehead atoms. The summed E-state index contributed by atoms with van der Waals surface area (Å²) in [6.45, 7) is 1.30. The van der Waals surface area contributed by atoms with Gasteiger partial charge in [-0.15, -0.1) is 0 Å². The molecule has 2 heterocycles. The van der Waals surface area contributed by atoms with Gasteiger partial charge < -0.3 is 14.5 Å². The monoisotopic (exact) mass is 321 g/mol. The van der Waals surface area contributed by atoms with Gasteiger partial charge in [-0.2, -0.15) is 0 Å². The molecule has 1 atom stereocenters. The van der Waals surface area contributed by atoms with E-state index in [1.807, 2.05) is 12.1 Å². The number of amides is 2. The van der Waals surface area contributed by atoms with Crippen LogP contribution in [0.4, 0.5) is 10.6 Å². The van der Waals surface area contributed by atoms with Gasteiger partial charge in [0.15, 0.2) is 11.6 Å². The van der Waals surface area contributed by atoms with Crippen molar-refractivity contribution in [2.24, 2.45) is 5.92 Å². The maximum Gasteiger partial charge on any atom is 0.323 e. The molecule has 1 aliphatic rings. The zero-order valence-electron chi connectivity index (χ0n) is 11.8. The van der Waals surface area contributed by atoms with E-state index in [1.165, 1.54) is 0 Å². The number of carbonyl (C=O) groups excluding carboxylic acids is 1. The van der Waals surface area contributed by atoms with Gasteiger partial charge in [0.2, 0.25) is 0 Å². The fourth-order valence-corrected chi connectivity index (χ4v) is 2.66. The van der Waals surface area contributed by atoms with Crippen molar-refractivity contribution >= 4 is 23.4 Å². The van der Waals surface area contributed by atoms with Gasteiger partial charge in [-0.3, -0.25) is 5.32 Å².